The second-order valence-electron chi connectivity index (χ2n) is 33.5. The zero-order valence-electron chi connectivity index (χ0n) is 71.9. The third-order valence-electron chi connectivity index (χ3n) is 24.3. The number of aromatic amines is 1. The van der Waals surface area contributed by atoms with Crippen molar-refractivity contribution in [1.82, 2.24) is 99.0 Å². The molecule has 7 aliphatic rings. The van der Waals surface area contributed by atoms with Gasteiger partial charge in [-0.1, -0.05) is 91.5 Å². The highest BCUT2D eigenvalue weighted by Gasteiger charge is 2.47. The second kappa shape index (κ2) is 41.2. The summed E-state index contributed by atoms with van der Waals surface area (Å²) in [5.74, 6) is 2.41. The number of aromatic nitrogens is 16. The van der Waals surface area contributed by atoms with Gasteiger partial charge in [-0.3, -0.25) is 34.6 Å². The molecule has 10 aromatic rings. The van der Waals surface area contributed by atoms with Crippen molar-refractivity contribution in [3.05, 3.63) is 219 Å². The highest BCUT2D eigenvalue weighted by atomic mass is 35.5. The minimum absolute atomic E-state index is 0.0515. The van der Waals surface area contributed by atoms with Crippen LogP contribution < -0.4 is 0 Å². The van der Waals surface area contributed by atoms with Gasteiger partial charge in [0, 0.05) is 139 Å². The number of ether oxygens (including phenoxy) is 3. The number of nitrogens with zero attached hydrogens (tertiary/aromatic N) is 19. The zero-order valence-corrected chi connectivity index (χ0v) is 72.7. The fraction of sp³-hybridized carbons (Fsp3) is 0.511. The van der Waals surface area contributed by atoms with Crippen LogP contribution in [0.3, 0.4) is 0 Å². The lowest BCUT2D eigenvalue weighted by atomic mass is 9.76. The number of nitrogens with one attached hydrogen (secondary N) is 1. The number of hydrogen-bond donors (Lipinski definition) is 1. The third-order valence-corrected chi connectivity index (χ3v) is 24.4. The number of amides is 2. The van der Waals surface area contributed by atoms with Crippen molar-refractivity contribution in [3.63, 3.8) is 0 Å². The number of hydrogen-bond acceptors (Lipinski definition) is 21. The van der Waals surface area contributed by atoms with Crippen LogP contribution in [-0.2, 0) is 25.0 Å². The topological polar surface area (TPSA) is 294 Å². The Balaban J connectivity index is 0.000000148. The van der Waals surface area contributed by atoms with E-state index in [9.17, 15) is 28.0 Å². The SMILES string of the molecule is CC(C)(C)OC(=O)N1CCC(CCN2CC3CCCC3C2)(c2ccccc2)C1.CCOC(=O)c1c(C)n[nH]c1C.COC1CC(F)(F)C1.Cc1nn(-c2cnccn2)c(C)c1C.Cc1nn(-c2cnccn2)c(C)c1C(=O)N1CC2CN(CCC3(c4ccccc4)CCCC3)CC2C1.Cc1nn(-c2cnccn2)c(C)c1C=O.Clc1cnccn1. The van der Waals surface area contributed by atoms with Crippen molar-refractivity contribution in [2.75, 3.05) is 79.2 Å². The van der Waals surface area contributed by atoms with Crippen LogP contribution in [0.5, 0.6) is 0 Å². The molecule has 640 valence electrons. The minimum atomic E-state index is -2.43. The fourth-order valence-electron chi connectivity index (χ4n) is 17.6. The van der Waals surface area contributed by atoms with Gasteiger partial charge in [0.15, 0.2) is 23.7 Å². The lowest BCUT2D eigenvalue weighted by Crippen LogP contribution is -2.40. The Bertz CT molecular complexity index is 4900. The molecule has 5 unspecified atom stereocenters. The molecule has 8 aromatic heterocycles. The molecule has 0 bridgehead atoms. The molecule has 4 aliphatic heterocycles. The largest absolute Gasteiger partial charge is 0.462 e. The van der Waals surface area contributed by atoms with Crippen molar-refractivity contribution in [2.45, 2.75) is 196 Å². The van der Waals surface area contributed by atoms with E-state index >= 15 is 0 Å². The summed E-state index contributed by atoms with van der Waals surface area (Å²) >= 11 is 5.37. The number of H-pyrrole nitrogens is 1. The first-order chi connectivity index (χ1) is 57.5. The standard InChI is InChI=1S/C29H36N6O.C24H36N2O2.C10H10N4O.C10H12N4.C8H12N2O2.C5H8F2O.C4H3ClN2/c1-21-27(22(2)35(32-21)26-16-30-13-14-31-26)28(36)34-19-23-17-33(18-24(23)20-34)15-12-29(10-6-7-11-29)25-8-4-3-5-9-25;1-23(2,3)28-22(27)26-15-13-24(18-26,21-10-5-4-6-11-21)12-14-25-16-19-8-7-9-20(19)17-25;1-7-9(6-15)8(2)14(13-7)10-5-11-3-4-12-10;1-7-8(2)13-14(9(7)3)10-6-11-4-5-12-10;1-4-12-8(11)7-5(2)9-10-6(7)3;1-8-4-2-5(6,7)3-4;5-4-3-6-1-2-7-4/h3-5,8-9,13-14,16,23-24H,6-7,10-12,15,17-20H2,1-2H3;4-6,10-11,19-20H,7-9,12-18H2,1-3H3;3-6H,1-2H3;4-6H,1-3H3;4H2,1-3H3,(H,9,10);4H,2-3H2,1H3;1-3H. The smallest absolute Gasteiger partial charge is 0.410 e. The van der Waals surface area contributed by atoms with Crippen LogP contribution in [0.4, 0.5) is 13.6 Å². The van der Waals surface area contributed by atoms with Gasteiger partial charge in [0.25, 0.3) is 11.8 Å². The summed E-state index contributed by atoms with van der Waals surface area (Å²) in [5.41, 5.74) is 12.6. The molecule has 7 fully saturated rings. The van der Waals surface area contributed by atoms with Crippen LogP contribution >= 0.6 is 11.6 Å². The molecule has 1 N–H and O–H groups in total. The Morgan fingerprint density at radius 2 is 1.06 bits per heavy atom. The average Bonchev–Trinajstić information content (AvgIpc) is 1.62. The number of methoxy groups -OCH3 is 1. The van der Waals surface area contributed by atoms with E-state index in [0.29, 0.717) is 68.7 Å². The molecule has 12 heterocycles. The number of fused-ring (bicyclic) bond motifs is 2. The Hall–Kier alpha value is -10.5. The maximum Gasteiger partial charge on any atom is 0.410 e. The van der Waals surface area contributed by atoms with Crippen LogP contribution in [0, 0.1) is 86.0 Å². The fourth-order valence-corrected chi connectivity index (χ4v) is 17.7. The summed E-state index contributed by atoms with van der Waals surface area (Å²) in [7, 11) is 1.46. The maximum atomic E-state index is 13.6. The Morgan fingerprint density at radius 3 is 1.48 bits per heavy atom. The van der Waals surface area contributed by atoms with Gasteiger partial charge >= 0.3 is 12.1 Å². The van der Waals surface area contributed by atoms with E-state index in [1.165, 1.54) is 101 Å². The van der Waals surface area contributed by atoms with Crippen molar-refractivity contribution < 1.29 is 42.2 Å². The van der Waals surface area contributed by atoms with Gasteiger partial charge in [0.1, 0.15) is 16.3 Å². The molecule has 2 aromatic carbocycles. The summed E-state index contributed by atoms with van der Waals surface area (Å²) in [4.78, 5) is 89.8. The number of rotatable bonds is 16. The van der Waals surface area contributed by atoms with Gasteiger partial charge in [-0.15, -0.1) is 0 Å². The summed E-state index contributed by atoms with van der Waals surface area (Å²) in [6, 6.07) is 22.0. The molecular weight excluding hydrogens is 1550 g/mol. The van der Waals surface area contributed by atoms with Crippen LogP contribution in [0.1, 0.15) is 198 Å². The summed E-state index contributed by atoms with van der Waals surface area (Å²) < 4.78 is 44.1. The van der Waals surface area contributed by atoms with Crippen molar-refractivity contribution in [3.8, 4) is 17.5 Å². The van der Waals surface area contributed by atoms with Crippen molar-refractivity contribution >= 4 is 35.9 Å². The number of aldehydes is 1. The molecule has 0 radical (unpaired) electrons. The number of carbonyl (C=O) groups excluding carboxylic acids is 4. The van der Waals surface area contributed by atoms with Crippen molar-refractivity contribution in [2.24, 2.45) is 23.7 Å². The molecule has 27 nitrogen and oxygen atoms in total. The van der Waals surface area contributed by atoms with Gasteiger partial charge < -0.3 is 33.8 Å². The first-order valence-corrected chi connectivity index (χ1v) is 42.1. The maximum absolute atomic E-state index is 13.6. The van der Waals surface area contributed by atoms with Crippen molar-refractivity contribution in [1.29, 1.82) is 0 Å². The number of likely N-dealkylation sites (tertiary alicyclic amines) is 4. The lowest BCUT2D eigenvalue weighted by molar-refractivity contribution is -0.155. The van der Waals surface area contributed by atoms with Gasteiger partial charge in [0.2, 0.25) is 0 Å². The number of aryl methyl sites for hydroxylation is 5. The molecule has 3 saturated carbocycles. The van der Waals surface area contributed by atoms with E-state index in [0.717, 1.165) is 117 Å². The Morgan fingerprint density at radius 1 is 0.567 bits per heavy atom. The van der Waals surface area contributed by atoms with Crippen LogP contribution in [0.15, 0.2) is 135 Å². The number of carbonyl (C=O) groups is 4. The molecule has 30 heteroatoms. The summed E-state index contributed by atoms with van der Waals surface area (Å²) in [5, 5.41) is 20.3. The van der Waals surface area contributed by atoms with Gasteiger partial charge in [-0.05, 0) is 194 Å². The van der Waals surface area contributed by atoms with Crippen LogP contribution in [0.25, 0.3) is 17.5 Å². The van der Waals surface area contributed by atoms with E-state index < -0.39 is 11.5 Å². The molecule has 120 heavy (non-hydrogen) atoms. The van der Waals surface area contributed by atoms with E-state index in [1.54, 1.807) is 105 Å². The van der Waals surface area contributed by atoms with E-state index in [1.807, 2.05) is 65.0 Å². The molecule has 3 aliphatic carbocycles. The molecule has 4 saturated heterocycles. The number of benzene rings is 2. The number of alkyl halides is 2. The molecule has 17 rings (SSSR count). The second-order valence-corrected chi connectivity index (χ2v) is 33.9. The Kier molecular flexibility index (Phi) is 31.0. The first kappa shape index (κ1) is 90.3. The normalized spacial score (nSPS) is 20.0. The number of esters is 1. The predicted octanol–water partition coefficient (Wildman–Crippen LogP) is 15.3. The highest BCUT2D eigenvalue weighted by Crippen LogP contribution is 2.46. The minimum Gasteiger partial charge on any atom is -0.462 e. The van der Waals surface area contributed by atoms with Crippen LogP contribution in [-0.4, -0.2) is 220 Å². The molecule has 5 atom stereocenters. The average molecular weight is 1660 g/mol. The van der Waals surface area contributed by atoms with Gasteiger partial charge in [-0.2, -0.15) is 20.4 Å². The summed E-state index contributed by atoms with van der Waals surface area (Å²) in [6.45, 7) is 35.5. The zero-order chi connectivity index (χ0) is 85.9. The van der Waals surface area contributed by atoms with Crippen LogP contribution in [0.2, 0.25) is 5.15 Å². The van der Waals surface area contributed by atoms with E-state index in [-0.39, 0.29) is 42.3 Å². The molecule has 2 amide bonds. The van der Waals surface area contributed by atoms with Gasteiger partial charge in [-0.25, -0.2) is 52.4 Å². The lowest BCUT2D eigenvalue weighted by Gasteiger charge is -2.33. The monoisotopic (exact) mass is 1660 g/mol. The number of halogens is 3. The quantitative estimate of drug-likeness (QED) is 0.0694. The van der Waals surface area contributed by atoms with Gasteiger partial charge in [0.05, 0.1) is 82.8 Å². The third kappa shape index (κ3) is 23.0. The Labute approximate surface area is 708 Å². The summed E-state index contributed by atoms with van der Waals surface area (Å²) in [6.07, 6.45) is 32.7. The molecular formula is C90H117ClF2N20O7. The predicted molar refractivity (Wildman–Crippen MR) is 455 cm³/mol. The first-order valence-electron chi connectivity index (χ1n) is 41.8. The highest BCUT2D eigenvalue weighted by molar-refractivity contribution is 6.29. The van der Waals surface area contributed by atoms with E-state index in [4.69, 9.17) is 21.1 Å². The molecule has 0 spiro atoms. The van der Waals surface area contributed by atoms with E-state index in [2.05, 4.69) is 152 Å².